The number of hydrogen-bond acceptors (Lipinski definition) is 5. The Kier molecular flexibility index (Phi) is 1.68. The van der Waals surface area contributed by atoms with E-state index in [2.05, 4.69) is 21.6 Å². The summed E-state index contributed by atoms with van der Waals surface area (Å²) in [6.07, 6.45) is 2.63. The second kappa shape index (κ2) is 2.58. The topological polar surface area (TPSA) is 63.8 Å². The molecule has 2 rings (SSSR count). The summed E-state index contributed by atoms with van der Waals surface area (Å²) < 4.78 is 3.88. The predicted molar refractivity (Wildman–Crippen MR) is 50.2 cm³/mol. The van der Waals surface area contributed by atoms with Crippen molar-refractivity contribution in [1.29, 1.82) is 0 Å². The van der Waals surface area contributed by atoms with E-state index in [-0.39, 0.29) is 0 Å². The molecule has 66 valence electrons. The van der Waals surface area contributed by atoms with Gasteiger partial charge in [0.2, 0.25) is 11.1 Å². The fourth-order valence-electron chi connectivity index (χ4n) is 0.986. The maximum atomic E-state index is 5.38. The molecule has 0 spiro atoms. The van der Waals surface area contributed by atoms with Gasteiger partial charge in [0.1, 0.15) is 0 Å². The summed E-state index contributed by atoms with van der Waals surface area (Å²) in [5.41, 5.74) is 5.88. The summed E-state index contributed by atoms with van der Waals surface area (Å²) in [6, 6.07) is 0. The Hall–Kier alpha value is -0.840. The van der Waals surface area contributed by atoms with Gasteiger partial charge in [0.05, 0.1) is 0 Å². The van der Waals surface area contributed by atoms with E-state index >= 15 is 0 Å². The molecular formula is C7H12N4S. The Labute approximate surface area is 75.4 Å². The number of hydrogen-bond donors (Lipinski definition) is 2. The molecule has 1 aliphatic carbocycles. The van der Waals surface area contributed by atoms with Crippen LogP contribution in [0.5, 0.6) is 0 Å². The van der Waals surface area contributed by atoms with Gasteiger partial charge in [0.15, 0.2) is 0 Å². The van der Waals surface area contributed by atoms with Crippen molar-refractivity contribution in [3.8, 4) is 0 Å². The summed E-state index contributed by atoms with van der Waals surface area (Å²) in [5.74, 6) is 0.364. The smallest absolute Gasteiger partial charge is 0.233 e. The zero-order chi connectivity index (χ0) is 8.60. The van der Waals surface area contributed by atoms with E-state index in [0.717, 1.165) is 11.7 Å². The minimum Gasteiger partial charge on any atom is -0.367 e. The molecule has 4 nitrogen and oxygen atoms in total. The van der Waals surface area contributed by atoms with Gasteiger partial charge in [-0.05, 0) is 18.3 Å². The average Bonchev–Trinajstić information content (AvgIpc) is 2.60. The van der Waals surface area contributed by atoms with Crippen molar-refractivity contribution in [2.45, 2.75) is 19.8 Å². The molecule has 0 atom stereocenters. The number of anilines is 2. The van der Waals surface area contributed by atoms with E-state index in [9.17, 15) is 0 Å². The van der Waals surface area contributed by atoms with Crippen LogP contribution in [0.3, 0.4) is 0 Å². The molecule has 1 fully saturated rings. The quantitative estimate of drug-likeness (QED) is 0.744. The van der Waals surface area contributed by atoms with E-state index in [1.807, 2.05) is 0 Å². The molecule has 1 aliphatic rings. The standard InChI is InChI=1S/C7H12N4S/c1-7(2-3-7)4-9-6-10-5(8)11-12-6/h2-4H2,1H3,(H3,8,9,10,11). The summed E-state index contributed by atoms with van der Waals surface area (Å²) in [7, 11) is 0. The number of rotatable bonds is 3. The number of nitrogens with one attached hydrogen (secondary N) is 1. The van der Waals surface area contributed by atoms with Gasteiger partial charge in [0.25, 0.3) is 0 Å². The monoisotopic (exact) mass is 184 g/mol. The van der Waals surface area contributed by atoms with Crippen molar-refractivity contribution in [1.82, 2.24) is 9.36 Å². The van der Waals surface area contributed by atoms with Crippen LogP contribution >= 0.6 is 11.5 Å². The highest BCUT2D eigenvalue weighted by molar-refractivity contribution is 7.09. The summed E-state index contributed by atoms with van der Waals surface area (Å²) >= 11 is 1.32. The molecule has 0 unspecified atom stereocenters. The van der Waals surface area contributed by atoms with Crippen molar-refractivity contribution in [3.05, 3.63) is 0 Å². The van der Waals surface area contributed by atoms with Gasteiger partial charge in [-0.1, -0.05) is 6.92 Å². The summed E-state index contributed by atoms with van der Waals surface area (Å²) in [4.78, 5) is 4.02. The second-order valence-corrected chi connectivity index (χ2v) is 4.37. The van der Waals surface area contributed by atoms with Crippen molar-refractivity contribution in [2.24, 2.45) is 5.41 Å². The SMILES string of the molecule is CC1(CNc2nc(N)ns2)CC1. The number of nitrogens with two attached hydrogens (primary N) is 1. The van der Waals surface area contributed by atoms with E-state index in [0.29, 0.717) is 11.4 Å². The third kappa shape index (κ3) is 1.66. The zero-order valence-corrected chi connectivity index (χ0v) is 7.82. The zero-order valence-electron chi connectivity index (χ0n) is 7.00. The lowest BCUT2D eigenvalue weighted by Crippen LogP contribution is -2.11. The van der Waals surface area contributed by atoms with E-state index < -0.39 is 0 Å². The Morgan fingerprint density at radius 3 is 2.92 bits per heavy atom. The molecule has 12 heavy (non-hydrogen) atoms. The summed E-state index contributed by atoms with van der Waals surface area (Å²) in [6.45, 7) is 3.26. The van der Waals surface area contributed by atoms with Crippen LogP contribution in [0.4, 0.5) is 11.1 Å². The molecule has 1 saturated carbocycles. The van der Waals surface area contributed by atoms with Gasteiger partial charge >= 0.3 is 0 Å². The normalized spacial score (nSPS) is 19.1. The molecule has 3 N–H and O–H groups in total. The Morgan fingerprint density at radius 1 is 1.67 bits per heavy atom. The number of nitrogen functional groups attached to an aromatic ring is 1. The van der Waals surface area contributed by atoms with E-state index in [1.54, 1.807) is 0 Å². The fourth-order valence-corrected chi connectivity index (χ4v) is 1.48. The molecule has 0 amide bonds. The van der Waals surface area contributed by atoms with Crippen LogP contribution in [0.15, 0.2) is 0 Å². The third-order valence-electron chi connectivity index (χ3n) is 2.21. The molecular weight excluding hydrogens is 172 g/mol. The van der Waals surface area contributed by atoms with Gasteiger partial charge in [-0.25, -0.2) is 0 Å². The van der Waals surface area contributed by atoms with Crippen LogP contribution in [-0.4, -0.2) is 15.9 Å². The predicted octanol–water partition coefficient (Wildman–Crippen LogP) is 1.33. The average molecular weight is 184 g/mol. The lowest BCUT2D eigenvalue weighted by atomic mass is 10.1. The molecule has 0 bridgehead atoms. The highest BCUT2D eigenvalue weighted by atomic mass is 32.1. The van der Waals surface area contributed by atoms with Crippen molar-refractivity contribution in [3.63, 3.8) is 0 Å². The van der Waals surface area contributed by atoms with Crippen molar-refractivity contribution >= 4 is 22.6 Å². The Bertz CT molecular complexity index is 279. The minimum absolute atomic E-state index is 0.364. The Balaban J connectivity index is 1.87. The first-order valence-electron chi connectivity index (χ1n) is 4.01. The first kappa shape index (κ1) is 7.79. The second-order valence-electron chi connectivity index (χ2n) is 3.62. The lowest BCUT2D eigenvalue weighted by Gasteiger charge is -2.06. The van der Waals surface area contributed by atoms with Gasteiger partial charge in [-0.3, -0.25) is 0 Å². The first-order valence-corrected chi connectivity index (χ1v) is 4.78. The molecule has 5 heteroatoms. The number of nitrogens with zero attached hydrogens (tertiary/aromatic N) is 2. The molecule has 1 heterocycles. The molecule has 1 aromatic rings. The first-order chi connectivity index (χ1) is 5.68. The van der Waals surface area contributed by atoms with Crippen molar-refractivity contribution < 1.29 is 0 Å². The molecule has 0 aromatic carbocycles. The highest BCUT2D eigenvalue weighted by Gasteiger charge is 2.36. The van der Waals surface area contributed by atoms with Gasteiger partial charge in [-0.2, -0.15) is 9.36 Å². The third-order valence-corrected chi connectivity index (χ3v) is 2.90. The van der Waals surface area contributed by atoms with Gasteiger partial charge in [0, 0.05) is 18.1 Å². The van der Waals surface area contributed by atoms with Gasteiger partial charge in [-0.15, -0.1) is 0 Å². The van der Waals surface area contributed by atoms with E-state index in [4.69, 9.17) is 5.73 Å². The Morgan fingerprint density at radius 2 is 2.42 bits per heavy atom. The largest absolute Gasteiger partial charge is 0.367 e. The number of aromatic nitrogens is 2. The van der Waals surface area contributed by atoms with Crippen LogP contribution in [0.1, 0.15) is 19.8 Å². The van der Waals surface area contributed by atoms with Crippen molar-refractivity contribution in [2.75, 3.05) is 17.6 Å². The van der Waals surface area contributed by atoms with Crippen LogP contribution in [0.2, 0.25) is 0 Å². The maximum absolute atomic E-state index is 5.38. The van der Waals surface area contributed by atoms with Crippen LogP contribution in [0.25, 0.3) is 0 Å². The van der Waals surface area contributed by atoms with Gasteiger partial charge < -0.3 is 11.1 Å². The summed E-state index contributed by atoms with van der Waals surface area (Å²) in [5, 5.41) is 4.07. The lowest BCUT2D eigenvalue weighted by molar-refractivity contribution is 0.610. The molecule has 0 aliphatic heterocycles. The van der Waals surface area contributed by atoms with E-state index in [1.165, 1.54) is 24.4 Å². The molecule has 0 radical (unpaired) electrons. The maximum Gasteiger partial charge on any atom is 0.233 e. The van der Waals surface area contributed by atoms with Crippen LogP contribution in [-0.2, 0) is 0 Å². The fraction of sp³-hybridized carbons (Fsp3) is 0.714. The van der Waals surface area contributed by atoms with Crippen LogP contribution in [0, 0.1) is 5.41 Å². The molecule has 1 aromatic heterocycles. The molecule has 0 saturated heterocycles. The minimum atomic E-state index is 0.364. The van der Waals surface area contributed by atoms with Crippen LogP contribution < -0.4 is 11.1 Å². The highest BCUT2D eigenvalue weighted by Crippen LogP contribution is 2.44.